The maximum absolute atomic E-state index is 5.65. The molecule has 0 radical (unpaired) electrons. The molecule has 1 aromatic heterocycles. The molecule has 22 heavy (non-hydrogen) atoms. The van der Waals surface area contributed by atoms with Crippen LogP contribution in [0.25, 0.3) is 0 Å². The van der Waals surface area contributed by atoms with E-state index in [1.807, 2.05) is 48.5 Å². The van der Waals surface area contributed by atoms with Gasteiger partial charge in [-0.25, -0.2) is 9.97 Å². The van der Waals surface area contributed by atoms with E-state index in [4.69, 9.17) is 9.47 Å². The van der Waals surface area contributed by atoms with Gasteiger partial charge in [0, 0.05) is 0 Å². The van der Waals surface area contributed by atoms with E-state index in [9.17, 15) is 0 Å². The van der Waals surface area contributed by atoms with Gasteiger partial charge in [-0.2, -0.15) is 0 Å². The van der Waals surface area contributed by atoms with Crippen molar-refractivity contribution < 1.29 is 9.47 Å². The van der Waals surface area contributed by atoms with E-state index in [-0.39, 0.29) is 0 Å². The largest absolute Gasteiger partial charge is 0.436 e. The van der Waals surface area contributed by atoms with Crippen molar-refractivity contribution in [3.8, 4) is 23.3 Å². The number of ether oxygens (including phenoxy) is 2. The minimum absolute atomic E-state index is 0.395. The van der Waals surface area contributed by atoms with E-state index in [1.165, 1.54) is 12.4 Å². The standard InChI is InChI=1S/C16H10Br2N2O2/c17-11-5-1-3-7-13(11)21-15-9-20-16(10-19-15)22-14-8-4-2-6-12(14)18/h1-10H. The van der Waals surface area contributed by atoms with Crippen molar-refractivity contribution in [1.29, 1.82) is 0 Å². The van der Waals surface area contributed by atoms with Crippen LogP contribution in [0.4, 0.5) is 0 Å². The predicted octanol–water partition coefficient (Wildman–Crippen LogP) is 5.59. The molecule has 0 spiro atoms. The van der Waals surface area contributed by atoms with E-state index in [2.05, 4.69) is 41.8 Å². The zero-order valence-electron chi connectivity index (χ0n) is 11.2. The molecule has 0 unspecified atom stereocenters. The quantitative estimate of drug-likeness (QED) is 0.551. The highest BCUT2D eigenvalue weighted by Crippen LogP contribution is 2.30. The molecule has 0 fully saturated rings. The summed E-state index contributed by atoms with van der Waals surface area (Å²) in [5.41, 5.74) is 0. The summed E-state index contributed by atoms with van der Waals surface area (Å²) in [6, 6.07) is 15.1. The second-order valence-electron chi connectivity index (χ2n) is 4.26. The Hall–Kier alpha value is -1.92. The maximum Gasteiger partial charge on any atom is 0.238 e. The van der Waals surface area contributed by atoms with Gasteiger partial charge in [0.2, 0.25) is 11.8 Å². The number of para-hydroxylation sites is 2. The van der Waals surface area contributed by atoms with Gasteiger partial charge in [-0.05, 0) is 56.1 Å². The van der Waals surface area contributed by atoms with Gasteiger partial charge in [0.1, 0.15) is 11.5 Å². The highest BCUT2D eigenvalue weighted by molar-refractivity contribution is 9.10. The van der Waals surface area contributed by atoms with Crippen LogP contribution in [0.3, 0.4) is 0 Å². The average molecular weight is 422 g/mol. The van der Waals surface area contributed by atoms with Crippen LogP contribution in [0.2, 0.25) is 0 Å². The lowest BCUT2D eigenvalue weighted by molar-refractivity contribution is 0.433. The van der Waals surface area contributed by atoms with Crippen LogP contribution >= 0.6 is 31.9 Å². The van der Waals surface area contributed by atoms with Crippen LogP contribution < -0.4 is 9.47 Å². The van der Waals surface area contributed by atoms with Gasteiger partial charge in [-0.1, -0.05) is 24.3 Å². The molecule has 2 aromatic carbocycles. The molecule has 0 N–H and O–H groups in total. The third-order valence-electron chi connectivity index (χ3n) is 2.71. The van der Waals surface area contributed by atoms with Gasteiger partial charge in [0.05, 0.1) is 21.3 Å². The third-order valence-corrected chi connectivity index (χ3v) is 4.02. The molecule has 0 saturated heterocycles. The molecule has 6 heteroatoms. The summed E-state index contributed by atoms with van der Waals surface area (Å²) in [4.78, 5) is 8.39. The summed E-state index contributed by atoms with van der Waals surface area (Å²) in [5, 5.41) is 0. The summed E-state index contributed by atoms with van der Waals surface area (Å²) >= 11 is 6.83. The highest BCUT2D eigenvalue weighted by Gasteiger charge is 2.06. The summed E-state index contributed by atoms with van der Waals surface area (Å²) in [5.74, 6) is 2.14. The lowest BCUT2D eigenvalue weighted by Crippen LogP contribution is -1.93. The minimum atomic E-state index is 0.395. The number of hydrogen-bond acceptors (Lipinski definition) is 4. The second-order valence-corrected chi connectivity index (χ2v) is 5.97. The Labute approximate surface area is 144 Å². The topological polar surface area (TPSA) is 44.2 Å². The van der Waals surface area contributed by atoms with Gasteiger partial charge < -0.3 is 9.47 Å². The zero-order valence-corrected chi connectivity index (χ0v) is 14.4. The first-order chi connectivity index (χ1) is 10.7. The molecule has 0 aliphatic heterocycles. The number of halogens is 2. The molecule has 0 aliphatic carbocycles. The van der Waals surface area contributed by atoms with Crippen LogP contribution in [-0.2, 0) is 0 Å². The van der Waals surface area contributed by atoms with Crippen LogP contribution in [0.5, 0.6) is 23.3 Å². The molecular weight excluding hydrogens is 412 g/mol. The van der Waals surface area contributed by atoms with E-state index in [0.717, 1.165) is 8.95 Å². The molecule has 0 aliphatic rings. The van der Waals surface area contributed by atoms with Crippen molar-refractivity contribution in [2.45, 2.75) is 0 Å². The predicted molar refractivity (Wildman–Crippen MR) is 90.5 cm³/mol. The fourth-order valence-electron chi connectivity index (χ4n) is 1.69. The molecule has 3 rings (SSSR count). The van der Waals surface area contributed by atoms with Crippen molar-refractivity contribution in [2.75, 3.05) is 0 Å². The summed E-state index contributed by atoms with van der Waals surface area (Å²) < 4.78 is 13.0. The monoisotopic (exact) mass is 420 g/mol. The van der Waals surface area contributed by atoms with Crippen molar-refractivity contribution >= 4 is 31.9 Å². The lowest BCUT2D eigenvalue weighted by atomic mass is 10.3. The van der Waals surface area contributed by atoms with E-state index < -0.39 is 0 Å². The number of rotatable bonds is 4. The van der Waals surface area contributed by atoms with Crippen LogP contribution in [0.15, 0.2) is 69.9 Å². The molecule has 4 nitrogen and oxygen atoms in total. The Morgan fingerprint density at radius 1 is 0.636 bits per heavy atom. The molecule has 0 saturated carbocycles. The number of hydrogen-bond donors (Lipinski definition) is 0. The van der Waals surface area contributed by atoms with E-state index >= 15 is 0 Å². The van der Waals surface area contributed by atoms with Crippen LogP contribution in [-0.4, -0.2) is 9.97 Å². The van der Waals surface area contributed by atoms with Gasteiger partial charge >= 0.3 is 0 Å². The number of benzene rings is 2. The fourth-order valence-corrected chi connectivity index (χ4v) is 2.42. The molecule has 0 amide bonds. The Morgan fingerprint density at radius 3 is 1.41 bits per heavy atom. The van der Waals surface area contributed by atoms with E-state index in [1.54, 1.807) is 0 Å². The molecule has 0 atom stereocenters. The molecule has 0 bridgehead atoms. The van der Waals surface area contributed by atoms with Gasteiger partial charge in [-0.15, -0.1) is 0 Å². The first-order valence-corrected chi connectivity index (χ1v) is 7.98. The van der Waals surface area contributed by atoms with Crippen molar-refractivity contribution in [3.63, 3.8) is 0 Å². The third kappa shape index (κ3) is 3.64. The summed E-state index contributed by atoms with van der Waals surface area (Å²) in [6.07, 6.45) is 3.04. The first-order valence-electron chi connectivity index (χ1n) is 6.39. The molecule has 110 valence electrons. The van der Waals surface area contributed by atoms with E-state index in [0.29, 0.717) is 23.3 Å². The van der Waals surface area contributed by atoms with Crippen LogP contribution in [0.1, 0.15) is 0 Å². The Kier molecular flexibility index (Phi) is 4.70. The molecular formula is C16H10Br2N2O2. The first kappa shape index (κ1) is 15.0. The fraction of sp³-hybridized carbons (Fsp3) is 0. The SMILES string of the molecule is Brc1ccccc1Oc1cnc(Oc2ccccc2Br)cn1. The lowest BCUT2D eigenvalue weighted by Gasteiger charge is -2.08. The van der Waals surface area contributed by atoms with Crippen molar-refractivity contribution in [3.05, 3.63) is 69.9 Å². The number of nitrogens with zero attached hydrogens (tertiary/aromatic N) is 2. The Bertz CT molecular complexity index is 713. The summed E-state index contributed by atoms with van der Waals surface area (Å²) in [6.45, 7) is 0. The van der Waals surface area contributed by atoms with Crippen molar-refractivity contribution in [1.82, 2.24) is 9.97 Å². The van der Waals surface area contributed by atoms with Gasteiger partial charge in [-0.3, -0.25) is 0 Å². The molecule has 1 heterocycles. The van der Waals surface area contributed by atoms with Gasteiger partial charge in [0.15, 0.2) is 0 Å². The van der Waals surface area contributed by atoms with Crippen molar-refractivity contribution in [2.24, 2.45) is 0 Å². The Balaban J connectivity index is 1.73. The zero-order chi connectivity index (χ0) is 15.4. The number of aromatic nitrogens is 2. The molecule has 3 aromatic rings. The summed E-state index contributed by atoms with van der Waals surface area (Å²) in [7, 11) is 0. The smallest absolute Gasteiger partial charge is 0.238 e. The minimum Gasteiger partial charge on any atom is -0.436 e. The maximum atomic E-state index is 5.65. The van der Waals surface area contributed by atoms with Gasteiger partial charge in [0.25, 0.3) is 0 Å². The average Bonchev–Trinajstić information content (AvgIpc) is 2.54. The highest BCUT2D eigenvalue weighted by atomic mass is 79.9. The Morgan fingerprint density at radius 2 is 1.05 bits per heavy atom. The normalized spacial score (nSPS) is 10.3. The van der Waals surface area contributed by atoms with Crippen LogP contribution in [0, 0.1) is 0 Å². The second kappa shape index (κ2) is 6.89.